The zero-order chi connectivity index (χ0) is 18.8. The molecule has 1 saturated carbocycles. The minimum atomic E-state index is -4.35. The maximum Gasteiger partial charge on any atom is 0.416 e. The average Bonchev–Trinajstić information content (AvgIpc) is 2.46. The monoisotopic (exact) mass is 358 g/mol. The van der Waals surface area contributed by atoms with Gasteiger partial charge in [-0.05, 0) is 57.6 Å². The molecule has 1 aliphatic rings. The van der Waals surface area contributed by atoms with Crippen molar-refractivity contribution in [2.45, 2.75) is 69.8 Å². The second-order valence-electron chi connectivity index (χ2n) is 7.55. The van der Waals surface area contributed by atoms with Crippen molar-refractivity contribution in [1.29, 1.82) is 0 Å². The summed E-state index contributed by atoms with van der Waals surface area (Å²) in [5, 5.41) is 2.77. The molecule has 3 N–H and O–H groups in total. The van der Waals surface area contributed by atoms with Crippen LogP contribution in [0.1, 0.15) is 57.1 Å². The molecule has 7 heteroatoms. The van der Waals surface area contributed by atoms with Crippen molar-refractivity contribution < 1.29 is 22.7 Å². The molecule has 3 atom stereocenters. The van der Waals surface area contributed by atoms with Crippen LogP contribution in [-0.2, 0) is 10.9 Å². The average molecular weight is 358 g/mol. The summed E-state index contributed by atoms with van der Waals surface area (Å²) in [5.41, 5.74) is 5.55. The number of rotatable bonds is 2. The van der Waals surface area contributed by atoms with Crippen LogP contribution in [-0.4, -0.2) is 23.8 Å². The molecule has 0 spiro atoms. The zero-order valence-corrected chi connectivity index (χ0v) is 14.7. The molecule has 0 bridgehead atoms. The fraction of sp³-hybridized carbons (Fsp3) is 0.611. The first-order valence-electron chi connectivity index (χ1n) is 8.38. The summed E-state index contributed by atoms with van der Waals surface area (Å²) < 4.78 is 43.8. The third-order valence-corrected chi connectivity index (χ3v) is 4.29. The van der Waals surface area contributed by atoms with Crippen LogP contribution in [0.5, 0.6) is 0 Å². The van der Waals surface area contributed by atoms with Crippen molar-refractivity contribution in [3.05, 3.63) is 35.4 Å². The van der Waals surface area contributed by atoms with Gasteiger partial charge in [0.2, 0.25) is 0 Å². The topological polar surface area (TPSA) is 64.3 Å². The number of alkyl halides is 3. The summed E-state index contributed by atoms with van der Waals surface area (Å²) in [6.07, 6.45) is -3.10. The number of nitrogens with two attached hydrogens (primary N) is 1. The van der Waals surface area contributed by atoms with Gasteiger partial charge in [-0.2, -0.15) is 13.2 Å². The number of nitrogens with one attached hydrogen (secondary N) is 1. The number of hydrogen-bond donors (Lipinski definition) is 2. The van der Waals surface area contributed by atoms with Gasteiger partial charge in [0.15, 0.2) is 0 Å². The Morgan fingerprint density at radius 1 is 1.24 bits per heavy atom. The summed E-state index contributed by atoms with van der Waals surface area (Å²) in [6.45, 7) is 5.32. The smallest absolute Gasteiger partial charge is 0.416 e. The second kappa shape index (κ2) is 7.23. The standard InChI is InChI=1S/C18H25F3N2O2/c1-17(2,3)25-16(24)23-15-8-7-12(10-14(15)22)11-5-4-6-13(9-11)18(19,20)21/h4-6,9,12,14-15H,7-8,10,22H2,1-3H3,(H,23,24)/t12-,14-,15-/m0/s1. The minimum absolute atomic E-state index is 0.0472. The molecule has 1 aromatic carbocycles. The third-order valence-electron chi connectivity index (χ3n) is 4.29. The molecule has 0 heterocycles. The van der Waals surface area contributed by atoms with Crippen LogP contribution in [0.15, 0.2) is 24.3 Å². The lowest BCUT2D eigenvalue weighted by Crippen LogP contribution is -2.51. The quantitative estimate of drug-likeness (QED) is 0.833. The summed E-state index contributed by atoms with van der Waals surface area (Å²) >= 11 is 0. The van der Waals surface area contributed by atoms with Crippen LogP contribution in [0.2, 0.25) is 0 Å². The van der Waals surface area contributed by atoms with E-state index in [1.165, 1.54) is 12.1 Å². The van der Waals surface area contributed by atoms with Gasteiger partial charge in [0.1, 0.15) is 5.60 Å². The second-order valence-corrected chi connectivity index (χ2v) is 7.55. The van der Waals surface area contributed by atoms with Crippen molar-refractivity contribution in [3.8, 4) is 0 Å². The zero-order valence-electron chi connectivity index (χ0n) is 14.7. The van der Waals surface area contributed by atoms with E-state index in [9.17, 15) is 18.0 Å². The van der Waals surface area contributed by atoms with E-state index in [1.807, 2.05) is 0 Å². The molecule has 25 heavy (non-hydrogen) atoms. The molecular formula is C18H25F3N2O2. The molecule has 140 valence electrons. The van der Waals surface area contributed by atoms with Crippen LogP contribution in [0.4, 0.5) is 18.0 Å². The van der Waals surface area contributed by atoms with Gasteiger partial charge in [-0.25, -0.2) is 4.79 Å². The summed E-state index contributed by atoms with van der Waals surface area (Å²) in [4.78, 5) is 11.9. The number of carbonyl (C=O) groups excluding carboxylic acids is 1. The maximum atomic E-state index is 12.9. The summed E-state index contributed by atoms with van der Waals surface area (Å²) in [5.74, 6) is -0.0472. The fourth-order valence-corrected chi connectivity index (χ4v) is 3.12. The molecule has 0 aromatic heterocycles. The largest absolute Gasteiger partial charge is 0.444 e. The highest BCUT2D eigenvalue weighted by atomic mass is 19.4. The lowest BCUT2D eigenvalue weighted by molar-refractivity contribution is -0.137. The van der Waals surface area contributed by atoms with E-state index >= 15 is 0 Å². The van der Waals surface area contributed by atoms with E-state index in [-0.39, 0.29) is 18.0 Å². The lowest BCUT2D eigenvalue weighted by Gasteiger charge is -2.35. The van der Waals surface area contributed by atoms with Gasteiger partial charge in [0.05, 0.1) is 5.56 Å². The Bertz CT molecular complexity index is 611. The first-order valence-corrected chi connectivity index (χ1v) is 8.38. The summed E-state index contributed by atoms with van der Waals surface area (Å²) in [6, 6.07) is 4.82. The highest BCUT2D eigenvalue weighted by Crippen LogP contribution is 2.36. The lowest BCUT2D eigenvalue weighted by atomic mass is 9.79. The van der Waals surface area contributed by atoms with Crippen molar-refractivity contribution in [3.63, 3.8) is 0 Å². The number of ether oxygens (including phenoxy) is 1. The van der Waals surface area contributed by atoms with Gasteiger partial charge in [-0.3, -0.25) is 0 Å². The predicted octanol–water partition coefficient (Wildman–Crippen LogP) is 4.19. The molecule has 1 aliphatic carbocycles. The van der Waals surface area contributed by atoms with E-state index in [2.05, 4.69) is 5.32 Å². The first kappa shape index (κ1) is 19.6. The van der Waals surface area contributed by atoms with Crippen LogP contribution >= 0.6 is 0 Å². The predicted molar refractivity (Wildman–Crippen MR) is 89.2 cm³/mol. The highest BCUT2D eigenvalue weighted by Gasteiger charge is 2.34. The van der Waals surface area contributed by atoms with E-state index in [0.717, 1.165) is 6.07 Å². The van der Waals surface area contributed by atoms with Crippen molar-refractivity contribution in [2.75, 3.05) is 0 Å². The van der Waals surface area contributed by atoms with Gasteiger partial charge in [-0.1, -0.05) is 18.2 Å². The molecule has 2 rings (SSSR count). The number of carbonyl (C=O) groups is 1. The number of hydrogen-bond acceptors (Lipinski definition) is 3. The first-order chi connectivity index (χ1) is 11.5. The summed E-state index contributed by atoms with van der Waals surface area (Å²) in [7, 11) is 0. The van der Waals surface area contributed by atoms with E-state index < -0.39 is 23.4 Å². The molecule has 0 unspecified atom stereocenters. The molecule has 0 aliphatic heterocycles. The van der Waals surface area contributed by atoms with Crippen LogP contribution < -0.4 is 11.1 Å². The molecule has 0 radical (unpaired) electrons. The Morgan fingerprint density at radius 2 is 1.92 bits per heavy atom. The number of benzene rings is 1. The van der Waals surface area contributed by atoms with Crippen LogP contribution in [0.3, 0.4) is 0 Å². The van der Waals surface area contributed by atoms with Crippen molar-refractivity contribution >= 4 is 6.09 Å². The fourth-order valence-electron chi connectivity index (χ4n) is 3.12. The van der Waals surface area contributed by atoms with Crippen molar-refractivity contribution in [2.24, 2.45) is 5.73 Å². The van der Waals surface area contributed by atoms with Gasteiger partial charge >= 0.3 is 12.3 Å². The third kappa shape index (κ3) is 5.63. The Kier molecular flexibility index (Phi) is 5.66. The normalized spacial score (nSPS) is 24.7. The molecule has 0 saturated heterocycles. The van der Waals surface area contributed by atoms with E-state index in [4.69, 9.17) is 10.5 Å². The maximum absolute atomic E-state index is 12.9. The number of halogens is 3. The Balaban J connectivity index is 1.99. The van der Waals surface area contributed by atoms with Gasteiger partial charge < -0.3 is 15.8 Å². The molecule has 1 amide bonds. The highest BCUT2D eigenvalue weighted by molar-refractivity contribution is 5.68. The van der Waals surface area contributed by atoms with E-state index in [1.54, 1.807) is 26.8 Å². The Hall–Kier alpha value is -1.76. The Labute approximate surface area is 145 Å². The van der Waals surface area contributed by atoms with Gasteiger partial charge in [-0.15, -0.1) is 0 Å². The number of alkyl carbamates (subject to hydrolysis) is 1. The molecule has 1 fully saturated rings. The van der Waals surface area contributed by atoms with Gasteiger partial charge in [0, 0.05) is 12.1 Å². The molecule has 4 nitrogen and oxygen atoms in total. The Morgan fingerprint density at radius 3 is 2.48 bits per heavy atom. The van der Waals surface area contributed by atoms with E-state index in [0.29, 0.717) is 24.8 Å². The van der Waals surface area contributed by atoms with Crippen LogP contribution in [0.25, 0.3) is 0 Å². The SMILES string of the molecule is CC(C)(C)OC(=O)N[C@H]1CC[C@H](c2cccc(C(F)(F)F)c2)C[C@@H]1N. The minimum Gasteiger partial charge on any atom is -0.444 e. The van der Waals surface area contributed by atoms with Gasteiger partial charge in [0.25, 0.3) is 0 Å². The van der Waals surface area contributed by atoms with Crippen molar-refractivity contribution in [1.82, 2.24) is 5.32 Å². The van der Waals surface area contributed by atoms with Crippen LogP contribution in [0, 0.1) is 0 Å². The molecular weight excluding hydrogens is 333 g/mol. The number of amides is 1. The molecule has 1 aromatic rings.